The van der Waals surface area contributed by atoms with Gasteiger partial charge in [-0.15, -0.1) is 11.3 Å². The van der Waals surface area contributed by atoms with Crippen LogP contribution in [0, 0.1) is 0 Å². The smallest absolute Gasteiger partial charge is 0.0736 e. The number of hydrogen-bond donors (Lipinski definition) is 0. The van der Waals surface area contributed by atoms with Gasteiger partial charge in [0.2, 0.25) is 0 Å². The Kier molecular flexibility index (Phi) is 7.73. The molecule has 0 saturated carbocycles. The van der Waals surface area contributed by atoms with Crippen LogP contribution < -0.4 is 4.90 Å². The molecule has 0 N–H and O–H groups in total. The summed E-state index contributed by atoms with van der Waals surface area (Å²) in [5, 5.41) is 2.58. The normalized spacial score (nSPS) is 14.8. The summed E-state index contributed by atoms with van der Waals surface area (Å²) in [7, 11) is 0. The lowest BCUT2D eigenvalue weighted by molar-refractivity contribution is 0.722. The number of nitrogens with zero attached hydrogens (tertiary/aromatic N) is 1. The van der Waals surface area contributed by atoms with E-state index in [9.17, 15) is 0 Å². The highest BCUT2D eigenvalue weighted by molar-refractivity contribution is 7.99. The van der Waals surface area contributed by atoms with E-state index in [4.69, 9.17) is 0 Å². The average Bonchev–Trinajstić information content (AvgIpc) is 4.00. The molecular formula is C62H37NS3. The quantitative estimate of drug-likeness (QED) is 0.174. The fraction of sp³-hybridized carbons (Fsp3) is 0.0323. The van der Waals surface area contributed by atoms with E-state index in [1.54, 1.807) is 0 Å². The zero-order valence-electron chi connectivity index (χ0n) is 35.5. The van der Waals surface area contributed by atoms with Crippen LogP contribution in [0.15, 0.2) is 244 Å². The summed E-state index contributed by atoms with van der Waals surface area (Å²) in [4.78, 5) is 7.87. The molecule has 11 aromatic rings. The van der Waals surface area contributed by atoms with Gasteiger partial charge in [-0.3, -0.25) is 0 Å². The molecule has 0 saturated heterocycles. The zero-order chi connectivity index (χ0) is 43.1. The van der Waals surface area contributed by atoms with Crippen molar-refractivity contribution in [3.05, 3.63) is 269 Å². The minimum absolute atomic E-state index is 0.498. The lowest BCUT2D eigenvalue weighted by atomic mass is 9.67. The molecule has 3 heterocycles. The van der Waals surface area contributed by atoms with Gasteiger partial charge >= 0.3 is 0 Å². The van der Waals surface area contributed by atoms with E-state index in [-0.39, 0.29) is 0 Å². The first-order valence-electron chi connectivity index (χ1n) is 22.7. The van der Waals surface area contributed by atoms with Crippen molar-refractivity contribution in [2.24, 2.45) is 0 Å². The Morgan fingerprint density at radius 1 is 0.303 bits per heavy atom. The minimum Gasteiger partial charge on any atom is -0.309 e. The van der Waals surface area contributed by atoms with E-state index < -0.39 is 10.8 Å². The summed E-state index contributed by atoms with van der Waals surface area (Å²) in [5.41, 5.74) is 18.3. The van der Waals surface area contributed by atoms with Gasteiger partial charge in [-0.25, -0.2) is 0 Å². The van der Waals surface area contributed by atoms with E-state index in [1.807, 2.05) is 34.9 Å². The third-order valence-corrected chi connectivity index (χ3v) is 18.3. The van der Waals surface area contributed by atoms with E-state index in [2.05, 4.69) is 229 Å². The molecule has 0 atom stereocenters. The number of rotatable bonds is 3. The summed E-state index contributed by atoms with van der Waals surface area (Å²) in [6.45, 7) is 0. The Labute approximate surface area is 396 Å². The Hall–Kier alpha value is -7.08. The maximum absolute atomic E-state index is 2.62. The summed E-state index contributed by atoms with van der Waals surface area (Å²) >= 11 is 5.67. The Balaban J connectivity index is 1.08. The predicted molar refractivity (Wildman–Crippen MR) is 277 cm³/mol. The van der Waals surface area contributed by atoms with Crippen LogP contribution in [0.3, 0.4) is 0 Å². The molecule has 2 spiro atoms. The fourth-order valence-corrected chi connectivity index (χ4v) is 15.9. The van der Waals surface area contributed by atoms with Crippen LogP contribution in [0.2, 0.25) is 0 Å². The van der Waals surface area contributed by atoms with Gasteiger partial charge in [0.15, 0.2) is 0 Å². The van der Waals surface area contributed by atoms with Gasteiger partial charge in [0.1, 0.15) is 0 Å². The van der Waals surface area contributed by atoms with Crippen LogP contribution in [0.1, 0.15) is 44.5 Å². The molecule has 0 fully saturated rings. The van der Waals surface area contributed by atoms with E-state index in [1.165, 1.54) is 118 Å². The first-order chi connectivity index (χ1) is 32.7. The molecule has 2 aliphatic carbocycles. The number of thiophene rings is 1. The third-order valence-electron chi connectivity index (χ3n) is 14.8. The number of benzene rings is 10. The minimum atomic E-state index is -0.498. The van der Waals surface area contributed by atoms with Gasteiger partial charge in [0.25, 0.3) is 0 Å². The molecule has 10 aromatic carbocycles. The lowest BCUT2D eigenvalue weighted by Gasteiger charge is -2.40. The van der Waals surface area contributed by atoms with Crippen molar-refractivity contribution in [3.63, 3.8) is 0 Å². The Morgan fingerprint density at radius 3 is 1.20 bits per heavy atom. The Morgan fingerprint density at radius 2 is 0.697 bits per heavy atom. The number of fused-ring (bicyclic) bond motifs is 21. The van der Waals surface area contributed by atoms with Crippen molar-refractivity contribution in [1.29, 1.82) is 0 Å². The first kappa shape index (κ1) is 37.2. The summed E-state index contributed by atoms with van der Waals surface area (Å²) in [6, 6.07) is 85.3. The SMILES string of the molecule is c1ccc2c(c1)Sc1ccccc1C21c2ccccc2-c2c(N(c3ccc4sc5ccccc5c4c3)c3cccc4c3-c3ccccc3C43c4ccccc4Sc4ccccc43)cccc21. The molecule has 1 aromatic heterocycles. The second kappa shape index (κ2) is 13.7. The van der Waals surface area contributed by atoms with Crippen molar-refractivity contribution in [3.8, 4) is 22.3 Å². The van der Waals surface area contributed by atoms with Gasteiger partial charge in [-0.2, -0.15) is 0 Å². The van der Waals surface area contributed by atoms with Crippen LogP contribution in [-0.4, -0.2) is 0 Å². The molecule has 0 bridgehead atoms. The monoisotopic (exact) mass is 891 g/mol. The maximum atomic E-state index is 2.62. The second-order valence-electron chi connectivity index (χ2n) is 17.8. The van der Waals surface area contributed by atoms with Crippen LogP contribution in [-0.2, 0) is 10.8 Å². The molecule has 15 rings (SSSR count). The summed E-state index contributed by atoms with van der Waals surface area (Å²) in [5.74, 6) is 0. The van der Waals surface area contributed by atoms with Crippen LogP contribution >= 0.6 is 34.9 Å². The van der Waals surface area contributed by atoms with Gasteiger partial charge < -0.3 is 4.90 Å². The van der Waals surface area contributed by atoms with Crippen molar-refractivity contribution in [1.82, 2.24) is 0 Å². The summed E-state index contributed by atoms with van der Waals surface area (Å²) < 4.78 is 2.61. The van der Waals surface area contributed by atoms with Crippen LogP contribution in [0.5, 0.6) is 0 Å². The molecule has 1 nitrogen and oxygen atoms in total. The maximum Gasteiger partial charge on any atom is 0.0736 e. The van der Waals surface area contributed by atoms with Crippen LogP contribution in [0.4, 0.5) is 17.1 Å². The molecule has 4 aliphatic rings. The molecule has 2 aliphatic heterocycles. The number of hydrogen-bond acceptors (Lipinski definition) is 4. The highest BCUT2D eigenvalue weighted by Crippen LogP contribution is 2.67. The topological polar surface area (TPSA) is 3.24 Å². The highest BCUT2D eigenvalue weighted by Gasteiger charge is 2.53. The molecular weight excluding hydrogens is 855 g/mol. The van der Waals surface area contributed by atoms with Crippen molar-refractivity contribution < 1.29 is 0 Å². The Bertz CT molecular complexity index is 3590. The van der Waals surface area contributed by atoms with E-state index in [0.29, 0.717) is 0 Å². The van der Waals surface area contributed by atoms with Crippen molar-refractivity contribution in [2.45, 2.75) is 30.4 Å². The molecule has 0 amide bonds. The summed E-state index contributed by atoms with van der Waals surface area (Å²) in [6.07, 6.45) is 0. The van der Waals surface area contributed by atoms with Crippen molar-refractivity contribution in [2.75, 3.05) is 4.90 Å². The number of anilines is 3. The van der Waals surface area contributed by atoms with E-state index >= 15 is 0 Å². The molecule has 66 heavy (non-hydrogen) atoms. The molecule has 308 valence electrons. The highest BCUT2D eigenvalue weighted by atomic mass is 32.2. The lowest BCUT2D eigenvalue weighted by Crippen LogP contribution is -2.32. The zero-order valence-corrected chi connectivity index (χ0v) is 38.0. The second-order valence-corrected chi connectivity index (χ2v) is 21.0. The largest absolute Gasteiger partial charge is 0.309 e. The first-order valence-corrected chi connectivity index (χ1v) is 25.1. The standard InChI is InChI=1S/C62H37NS3/c1-4-20-43-40(18-1)59-49(61(43)45-22-6-11-31-55(45)65-56-32-12-7-23-46(56)61)26-15-28-51(59)63(38-35-36-54-42(37-38)39-17-3-10-30-53(39)64-54)52-29-16-27-50-60(52)41-19-2-5-21-44(41)62(50)47-24-8-13-33-57(47)66-58-34-14-9-25-48(58)62/h1-37H. The molecule has 0 radical (unpaired) electrons. The van der Waals surface area contributed by atoms with Gasteiger partial charge in [0.05, 0.1) is 22.2 Å². The van der Waals surface area contributed by atoms with Gasteiger partial charge in [0, 0.05) is 56.6 Å². The molecule has 0 unspecified atom stereocenters. The average molecular weight is 892 g/mol. The third kappa shape index (κ3) is 4.68. The fourth-order valence-electron chi connectivity index (χ4n) is 12.4. The molecule has 4 heteroatoms. The van der Waals surface area contributed by atoms with E-state index in [0.717, 1.165) is 5.69 Å². The van der Waals surface area contributed by atoms with Crippen molar-refractivity contribution >= 4 is 72.1 Å². The predicted octanol–water partition coefficient (Wildman–Crippen LogP) is 17.2. The van der Waals surface area contributed by atoms with Gasteiger partial charge in [-0.05, 0) is 116 Å². The van der Waals surface area contributed by atoms with Gasteiger partial charge in [-0.1, -0.05) is 187 Å². The van der Waals surface area contributed by atoms with Crippen LogP contribution in [0.25, 0.3) is 42.4 Å².